The van der Waals surface area contributed by atoms with E-state index in [1.165, 1.54) is 18.4 Å². The van der Waals surface area contributed by atoms with Crippen molar-refractivity contribution in [3.63, 3.8) is 0 Å². The first-order chi connectivity index (χ1) is 16.7. The minimum atomic E-state index is -0.0303. The predicted octanol–water partition coefficient (Wildman–Crippen LogP) is 4.03. The Labute approximate surface area is 203 Å². The minimum Gasteiger partial charge on any atom is -0.493 e. The molecule has 2 aromatic carbocycles. The highest BCUT2D eigenvalue weighted by Crippen LogP contribution is 2.36. The van der Waals surface area contributed by atoms with Crippen molar-refractivity contribution < 1.29 is 14.3 Å². The summed E-state index contributed by atoms with van der Waals surface area (Å²) in [5, 5.41) is 3.40. The fraction of sp³-hybridized carbons (Fsp3) is 0.536. The molecule has 2 aliphatic heterocycles. The monoisotopic (exact) mass is 463 g/mol. The highest BCUT2D eigenvalue weighted by Gasteiger charge is 2.35. The number of nitrogens with zero attached hydrogens (tertiary/aromatic N) is 2. The van der Waals surface area contributed by atoms with Crippen LogP contribution in [0.3, 0.4) is 0 Å². The Morgan fingerprint density at radius 1 is 1.00 bits per heavy atom. The zero-order chi connectivity index (χ0) is 23.3. The van der Waals surface area contributed by atoms with E-state index in [1.54, 1.807) is 7.11 Å². The number of hydrogen-bond donors (Lipinski definition) is 1. The molecule has 1 unspecified atom stereocenters. The maximum atomic E-state index is 13.4. The van der Waals surface area contributed by atoms with Crippen molar-refractivity contribution in [1.29, 1.82) is 0 Å². The molecule has 34 heavy (non-hydrogen) atoms. The lowest BCUT2D eigenvalue weighted by Gasteiger charge is -2.43. The van der Waals surface area contributed by atoms with E-state index in [9.17, 15) is 4.79 Å². The standard InChI is InChI=1S/C28H37N3O3/c1-33-26-14-13-22(19-27(26)34-24-10-5-6-11-24)30-16-17-31(28(32)25-12-7-15-29-25)23(20-30)18-21-8-3-2-4-9-21/h2-4,8-9,13-14,19,23-25,29H,5-7,10-12,15-18,20H2,1H3/t23-,25?/m0/s1. The normalized spacial score (nSPS) is 23.3. The van der Waals surface area contributed by atoms with E-state index in [2.05, 4.69) is 51.5 Å². The highest BCUT2D eigenvalue weighted by molar-refractivity contribution is 5.83. The Balaban J connectivity index is 1.36. The molecule has 6 nitrogen and oxygen atoms in total. The molecule has 0 aromatic heterocycles. The molecule has 0 radical (unpaired) electrons. The molecule has 2 aromatic rings. The zero-order valence-electron chi connectivity index (χ0n) is 20.2. The Kier molecular flexibility index (Phi) is 7.24. The van der Waals surface area contributed by atoms with Crippen molar-refractivity contribution >= 4 is 11.6 Å². The second kappa shape index (κ2) is 10.7. The Morgan fingerprint density at radius 3 is 2.56 bits per heavy atom. The molecule has 1 aliphatic carbocycles. The number of methoxy groups -OCH3 is 1. The van der Waals surface area contributed by atoms with Gasteiger partial charge in [-0.3, -0.25) is 4.79 Å². The summed E-state index contributed by atoms with van der Waals surface area (Å²) >= 11 is 0. The molecule has 0 bridgehead atoms. The molecular weight excluding hydrogens is 426 g/mol. The number of benzene rings is 2. The molecule has 182 valence electrons. The maximum Gasteiger partial charge on any atom is 0.240 e. The Hall–Kier alpha value is -2.73. The van der Waals surface area contributed by atoms with Crippen molar-refractivity contribution in [3.8, 4) is 11.5 Å². The first-order valence-electron chi connectivity index (χ1n) is 12.9. The summed E-state index contributed by atoms with van der Waals surface area (Å²) in [5.41, 5.74) is 2.41. The van der Waals surface area contributed by atoms with Crippen molar-refractivity contribution in [2.75, 3.05) is 38.2 Å². The van der Waals surface area contributed by atoms with E-state index in [0.717, 1.165) is 75.5 Å². The highest BCUT2D eigenvalue weighted by atomic mass is 16.5. The molecule has 2 saturated heterocycles. The zero-order valence-corrected chi connectivity index (χ0v) is 20.2. The van der Waals surface area contributed by atoms with Crippen LogP contribution in [-0.2, 0) is 11.2 Å². The number of carbonyl (C=O) groups excluding carboxylic acids is 1. The van der Waals surface area contributed by atoms with Gasteiger partial charge in [-0.05, 0) is 69.2 Å². The summed E-state index contributed by atoms with van der Waals surface area (Å²) in [4.78, 5) is 17.9. The number of rotatable bonds is 7. The van der Waals surface area contributed by atoms with Crippen LogP contribution in [0, 0.1) is 0 Å². The summed E-state index contributed by atoms with van der Waals surface area (Å²) in [6, 6.07) is 16.9. The summed E-state index contributed by atoms with van der Waals surface area (Å²) in [5.74, 6) is 1.89. The molecule has 1 N–H and O–H groups in total. The van der Waals surface area contributed by atoms with Crippen molar-refractivity contribution in [1.82, 2.24) is 10.2 Å². The van der Waals surface area contributed by atoms with E-state index >= 15 is 0 Å². The Morgan fingerprint density at radius 2 is 1.82 bits per heavy atom. The molecule has 1 saturated carbocycles. The molecule has 2 atom stereocenters. The van der Waals surface area contributed by atoms with E-state index in [-0.39, 0.29) is 24.1 Å². The summed E-state index contributed by atoms with van der Waals surface area (Å²) < 4.78 is 12.0. The average Bonchev–Trinajstić information content (AvgIpc) is 3.59. The number of hydrogen-bond acceptors (Lipinski definition) is 5. The van der Waals surface area contributed by atoms with Gasteiger partial charge in [0.05, 0.1) is 25.3 Å². The SMILES string of the molecule is COc1ccc(N2CCN(C(=O)C3CCCN3)[C@@H](Cc3ccccc3)C2)cc1OC1CCCC1. The number of nitrogens with one attached hydrogen (secondary N) is 1. The second-order valence-electron chi connectivity index (χ2n) is 9.83. The molecule has 3 fully saturated rings. The lowest BCUT2D eigenvalue weighted by Crippen LogP contribution is -2.59. The summed E-state index contributed by atoms with van der Waals surface area (Å²) in [6.45, 7) is 3.30. The van der Waals surface area contributed by atoms with Gasteiger partial charge in [0, 0.05) is 31.4 Å². The average molecular weight is 464 g/mol. The topological polar surface area (TPSA) is 54.0 Å². The minimum absolute atomic E-state index is 0.0303. The summed E-state index contributed by atoms with van der Waals surface area (Å²) in [7, 11) is 1.70. The van der Waals surface area contributed by atoms with Gasteiger partial charge in [0.15, 0.2) is 11.5 Å². The van der Waals surface area contributed by atoms with Crippen LogP contribution in [0.5, 0.6) is 11.5 Å². The molecule has 1 amide bonds. The summed E-state index contributed by atoms with van der Waals surface area (Å²) in [6.07, 6.45) is 7.86. The lowest BCUT2D eigenvalue weighted by molar-refractivity contribution is -0.135. The number of carbonyl (C=O) groups is 1. The molecule has 3 aliphatic rings. The predicted molar refractivity (Wildman–Crippen MR) is 135 cm³/mol. The number of piperazine rings is 1. The van der Waals surface area contributed by atoms with Crippen LogP contribution in [-0.4, -0.2) is 62.3 Å². The van der Waals surface area contributed by atoms with E-state index < -0.39 is 0 Å². The van der Waals surface area contributed by atoms with Crippen molar-refractivity contribution in [2.24, 2.45) is 0 Å². The van der Waals surface area contributed by atoms with E-state index in [0.29, 0.717) is 0 Å². The van der Waals surface area contributed by atoms with Crippen LogP contribution in [0.4, 0.5) is 5.69 Å². The van der Waals surface area contributed by atoms with Crippen molar-refractivity contribution in [3.05, 3.63) is 54.1 Å². The molecule has 2 heterocycles. The third-order valence-corrected chi connectivity index (χ3v) is 7.55. The fourth-order valence-corrected chi connectivity index (χ4v) is 5.68. The first kappa shape index (κ1) is 23.0. The van der Waals surface area contributed by atoms with E-state index in [4.69, 9.17) is 9.47 Å². The van der Waals surface area contributed by atoms with Gasteiger partial charge in [-0.2, -0.15) is 0 Å². The van der Waals surface area contributed by atoms with Gasteiger partial charge < -0.3 is 24.6 Å². The van der Waals surface area contributed by atoms with Crippen LogP contribution in [0.25, 0.3) is 0 Å². The van der Waals surface area contributed by atoms with Crippen LogP contribution in [0.1, 0.15) is 44.1 Å². The van der Waals surface area contributed by atoms with Crippen LogP contribution < -0.4 is 19.7 Å². The van der Waals surface area contributed by atoms with Crippen molar-refractivity contribution in [2.45, 2.75) is 63.1 Å². The van der Waals surface area contributed by atoms with Crippen LogP contribution >= 0.6 is 0 Å². The third-order valence-electron chi connectivity index (χ3n) is 7.55. The second-order valence-corrected chi connectivity index (χ2v) is 9.83. The maximum absolute atomic E-state index is 13.4. The quantitative estimate of drug-likeness (QED) is 0.672. The number of amides is 1. The fourth-order valence-electron chi connectivity index (χ4n) is 5.68. The molecular formula is C28H37N3O3. The van der Waals surface area contributed by atoms with Gasteiger partial charge in [-0.1, -0.05) is 30.3 Å². The van der Waals surface area contributed by atoms with Gasteiger partial charge in [0.1, 0.15) is 0 Å². The Bertz CT molecular complexity index is 955. The van der Waals surface area contributed by atoms with Crippen LogP contribution in [0.15, 0.2) is 48.5 Å². The lowest BCUT2D eigenvalue weighted by atomic mass is 10.00. The smallest absolute Gasteiger partial charge is 0.240 e. The van der Waals surface area contributed by atoms with Crippen LogP contribution in [0.2, 0.25) is 0 Å². The van der Waals surface area contributed by atoms with Gasteiger partial charge in [0.25, 0.3) is 0 Å². The van der Waals surface area contributed by atoms with Gasteiger partial charge in [-0.25, -0.2) is 0 Å². The molecule has 5 rings (SSSR count). The van der Waals surface area contributed by atoms with Gasteiger partial charge in [0.2, 0.25) is 5.91 Å². The number of ether oxygens (including phenoxy) is 2. The third kappa shape index (κ3) is 5.17. The molecule has 0 spiro atoms. The van der Waals surface area contributed by atoms with Gasteiger partial charge >= 0.3 is 0 Å². The number of anilines is 1. The first-order valence-corrected chi connectivity index (χ1v) is 12.9. The molecule has 6 heteroatoms. The van der Waals surface area contributed by atoms with E-state index in [1.807, 2.05) is 12.1 Å². The van der Waals surface area contributed by atoms with Gasteiger partial charge in [-0.15, -0.1) is 0 Å². The largest absolute Gasteiger partial charge is 0.493 e.